The molecule has 0 aliphatic heterocycles. The molecule has 0 aromatic heterocycles. The Hall–Kier alpha value is -1.75. The van der Waals surface area contributed by atoms with Gasteiger partial charge in [-0.3, -0.25) is 4.79 Å². The molecule has 0 atom stereocenters. The largest absolute Gasteiger partial charge is 0.492 e. The lowest BCUT2D eigenvalue weighted by Crippen LogP contribution is -2.46. The van der Waals surface area contributed by atoms with Gasteiger partial charge in [-0.2, -0.15) is 0 Å². The third-order valence-electron chi connectivity index (χ3n) is 2.89. The Balaban J connectivity index is 2.54. The molecule has 0 saturated carbocycles. The standard InChI is InChI=1S/C15H24N2O3/c1-4-20-13-7-5-11(9-12(13)16)6-8-14(19)17-15(2,3)10-18/h5,7,9,18H,4,6,8,10,16H2,1-3H3,(H,17,19). The van der Waals surface area contributed by atoms with Crippen LogP contribution in [0.5, 0.6) is 5.75 Å². The van der Waals surface area contributed by atoms with Crippen LogP contribution >= 0.6 is 0 Å². The topological polar surface area (TPSA) is 84.6 Å². The number of nitrogens with one attached hydrogen (secondary N) is 1. The van der Waals surface area contributed by atoms with Crippen molar-refractivity contribution < 1.29 is 14.6 Å². The van der Waals surface area contributed by atoms with E-state index in [1.165, 1.54) is 0 Å². The quantitative estimate of drug-likeness (QED) is 0.661. The molecule has 112 valence electrons. The molecular weight excluding hydrogens is 256 g/mol. The lowest BCUT2D eigenvalue weighted by Gasteiger charge is -2.23. The Labute approximate surface area is 120 Å². The van der Waals surface area contributed by atoms with E-state index in [1.807, 2.05) is 25.1 Å². The van der Waals surface area contributed by atoms with E-state index >= 15 is 0 Å². The Morgan fingerprint density at radius 1 is 1.45 bits per heavy atom. The molecule has 20 heavy (non-hydrogen) atoms. The molecule has 1 amide bonds. The predicted octanol–water partition coefficient (Wildman–Crippen LogP) is 1.49. The number of rotatable bonds is 7. The van der Waals surface area contributed by atoms with E-state index in [4.69, 9.17) is 15.6 Å². The number of aliphatic hydroxyl groups excluding tert-OH is 1. The number of carbonyl (C=O) groups is 1. The zero-order valence-electron chi connectivity index (χ0n) is 12.4. The molecule has 0 aliphatic carbocycles. The Bertz CT molecular complexity index is 458. The van der Waals surface area contributed by atoms with E-state index in [1.54, 1.807) is 13.8 Å². The number of aryl methyl sites for hydroxylation is 1. The number of carbonyl (C=O) groups excluding carboxylic acids is 1. The van der Waals surface area contributed by atoms with Gasteiger partial charge < -0.3 is 20.9 Å². The molecule has 0 radical (unpaired) electrons. The summed E-state index contributed by atoms with van der Waals surface area (Å²) >= 11 is 0. The van der Waals surface area contributed by atoms with Crippen LogP contribution in [-0.2, 0) is 11.2 Å². The second-order valence-electron chi connectivity index (χ2n) is 5.40. The average Bonchev–Trinajstić information content (AvgIpc) is 2.39. The number of anilines is 1. The van der Waals surface area contributed by atoms with Gasteiger partial charge in [-0.25, -0.2) is 0 Å². The number of aliphatic hydroxyl groups is 1. The zero-order valence-corrected chi connectivity index (χ0v) is 12.4. The highest BCUT2D eigenvalue weighted by Gasteiger charge is 2.18. The zero-order chi connectivity index (χ0) is 15.2. The molecule has 0 heterocycles. The third kappa shape index (κ3) is 5.09. The van der Waals surface area contributed by atoms with Crippen molar-refractivity contribution in [2.45, 2.75) is 39.2 Å². The van der Waals surface area contributed by atoms with Crippen LogP contribution in [0, 0.1) is 0 Å². The van der Waals surface area contributed by atoms with Gasteiger partial charge in [-0.05, 0) is 44.9 Å². The van der Waals surface area contributed by atoms with Crippen molar-refractivity contribution in [1.82, 2.24) is 5.32 Å². The summed E-state index contributed by atoms with van der Waals surface area (Å²) in [6.45, 7) is 5.94. The number of hydrogen-bond donors (Lipinski definition) is 3. The van der Waals surface area contributed by atoms with Crippen LogP contribution in [0.3, 0.4) is 0 Å². The van der Waals surface area contributed by atoms with Crippen molar-refractivity contribution in [2.24, 2.45) is 0 Å². The van der Waals surface area contributed by atoms with Crippen molar-refractivity contribution in [2.75, 3.05) is 18.9 Å². The van der Waals surface area contributed by atoms with Crippen molar-refractivity contribution in [1.29, 1.82) is 0 Å². The van der Waals surface area contributed by atoms with Crippen LogP contribution in [0.25, 0.3) is 0 Å². The first-order valence-electron chi connectivity index (χ1n) is 6.81. The Morgan fingerprint density at radius 3 is 2.70 bits per heavy atom. The molecule has 0 saturated heterocycles. The number of nitrogen functional groups attached to an aromatic ring is 1. The van der Waals surface area contributed by atoms with Crippen LogP contribution in [0.15, 0.2) is 18.2 Å². The molecule has 4 N–H and O–H groups in total. The maximum atomic E-state index is 11.8. The maximum absolute atomic E-state index is 11.8. The number of amides is 1. The monoisotopic (exact) mass is 280 g/mol. The number of nitrogens with two attached hydrogens (primary N) is 1. The van der Waals surface area contributed by atoms with Gasteiger partial charge in [0.1, 0.15) is 5.75 Å². The van der Waals surface area contributed by atoms with E-state index in [9.17, 15) is 4.79 Å². The van der Waals surface area contributed by atoms with Crippen molar-refractivity contribution >= 4 is 11.6 Å². The fourth-order valence-electron chi connectivity index (χ4n) is 1.78. The summed E-state index contributed by atoms with van der Waals surface area (Å²) < 4.78 is 5.37. The number of ether oxygens (including phenoxy) is 1. The molecular formula is C15H24N2O3. The Morgan fingerprint density at radius 2 is 2.15 bits per heavy atom. The molecule has 1 aromatic carbocycles. The van der Waals surface area contributed by atoms with Crippen LogP contribution < -0.4 is 15.8 Å². The van der Waals surface area contributed by atoms with Gasteiger partial charge in [-0.15, -0.1) is 0 Å². The van der Waals surface area contributed by atoms with Crippen LogP contribution in [0.1, 0.15) is 32.8 Å². The lowest BCUT2D eigenvalue weighted by atomic mass is 10.1. The van der Waals surface area contributed by atoms with Crippen LogP contribution in [0.4, 0.5) is 5.69 Å². The molecule has 1 aromatic rings. The summed E-state index contributed by atoms with van der Waals surface area (Å²) in [5, 5.41) is 11.9. The van der Waals surface area contributed by atoms with Gasteiger partial charge in [0.15, 0.2) is 0 Å². The van der Waals surface area contributed by atoms with Crippen LogP contribution in [0.2, 0.25) is 0 Å². The summed E-state index contributed by atoms with van der Waals surface area (Å²) in [5.41, 5.74) is 6.86. The fraction of sp³-hybridized carbons (Fsp3) is 0.533. The van der Waals surface area contributed by atoms with Gasteiger partial charge in [0, 0.05) is 6.42 Å². The molecule has 0 unspecified atom stereocenters. The van der Waals surface area contributed by atoms with Gasteiger partial charge in [0.2, 0.25) is 5.91 Å². The van der Waals surface area contributed by atoms with Crippen molar-refractivity contribution in [3.63, 3.8) is 0 Å². The van der Waals surface area contributed by atoms with E-state index in [-0.39, 0.29) is 12.5 Å². The first-order valence-corrected chi connectivity index (χ1v) is 6.81. The van der Waals surface area contributed by atoms with E-state index < -0.39 is 5.54 Å². The van der Waals surface area contributed by atoms with E-state index in [0.29, 0.717) is 30.9 Å². The van der Waals surface area contributed by atoms with Crippen molar-refractivity contribution in [3.8, 4) is 5.75 Å². The molecule has 0 fully saturated rings. The van der Waals surface area contributed by atoms with Crippen LogP contribution in [-0.4, -0.2) is 29.8 Å². The lowest BCUT2D eigenvalue weighted by molar-refractivity contribution is -0.123. The minimum atomic E-state index is -0.588. The summed E-state index contributed by atoms with van der Waals surface area (Å²) in [4.78, 5) is 11.8. The fourth-order valence-corrected chi connectivity index (χ4v) is 1.78. The summed E-state index contributed by atoms with van der Waals surface area (Å²) in [6, 6.07) is 5.56. The van der Waals surface area contributed by atoms with Crippen molar-refractivity contribution in [3.05, 3.63) is 23.8 Å². The highest BCUT2D eigenvalue weighted by atomic mass is 16.5. The maximum Gasteiger partial charge on any atom is 0.220 e. The van der Waals surface area contributed by atoms with Gasteiger partial charge in [0.25, 0.3) is 0 Å². The second-order valence-corrected chi connectivity index (χ2v) is 5.40. The molecule has 5 heteroatoms. The smallest absolute Gasteiger partial charge is 0.220 e. The second kappa shape index (κ2) is 7.14. The third-order valence-corrected chi connectivity index (χ3v) is 2.89. The highest BCUT2D eigenvalue weighted by molar-refractivity contribution is 5.77. The summed E-state index contributed by atoms with van der Waals surface area (Å²) in [7, 11) is 0. The first-order chi connectivity index (χ1) is 9.38. The van der Waals surface area contributed by atoms with E-state index in [2.05, 4.69) is 5.32 Å². The number of hydrogen-bond acceptors (Lipinski definition) is 4. The molecule has 1 rings (SSSR count). The first kappa shape index (κ1) is 16.3. The minimum absolute atomic E-state index is 0.0866. The van der Waals surface area contributed by atoms with Gasteiger partial charge in [0.05, 0.1) is 24.4 Å². The Kier molecular flexibility index (Phi) is 5.82. The molecule has 5 nitrogen and oxygen atoms in total. The minimum Gasteiger partial charge on any atom is -0.492 e. The van der Waals surface area contributed by atoms with E-state index in [0.717, 1.165) is 5.56 Å². The summed E-state index contributed by atoms with van der Waals surface area (Å²) in [6.07, 6.45) is 0.959. The average molecular weight is 280 g/mol. The highest BCUT2D eigenvalue weighted by Crippen LogP contribution is 2.23. The predicted molar refractivity (Wildman–Crippen MR) is 79.7 cm³/mol. The van der Waals surface area contributed by atoms with Gasteiger partial charge >= 0.3 is 0 Å². The normalized spacial score (nSPS) is 11.2. The molecule has 0 aliphatic rings. The van der Waals surface area contributed by atoms with Gasteiger partial charge in [-0.1, -0.05) is 6.07 Å². The number of benzene rings is 1. The summed E-state index contributed by atoms with van der Waals surface area (Å²) in [5.74, 6) is 0.582. The SMILES string of the molecule is CCOc1ccc(CCC(=O)NC(C)(C)CO)cc1N. The molecule has 0 spiro atoms. The molecule has 0 bridgehead atoms.